The molecule has 6 nitrogen and oxygen atoms in total. The van der Waals surface area contributed by atoms with Gasteiger partial charge in [0.1, 0.15) is 5.75 Å². The number of methoxy groups -OCH3 is 3. The van der Waals surface area contributed by atoms with Gasteiger partial charge in [-0.25, -0.2) is 0 Å². The number of rotatable bonds is 7. The van der Waals surface area contributed by atoms with Crippen molar-refractivity contribution in [1.82, 2.24) is 4.90 Å². The minimum atomic E-state index is -1.98. The topological polar surface area (TPSA) is 57.2 Å². The fourth-order valence-electron chi connectivity index (χ4n) is 3.73. The monoisotopic (exact) mass is 470 g/mol. The average Bonchev–Trinajstić information content (AvgIpc) is 3.26. The van der Waals surface area contributed by atoms with Crippen molar-refractivity contribution in [2.75, 3.05) is 34.4 Å². The Balaban J connectivity index is 1.83. The predicted molar refractivity (Wildman–Crippen MR) is 133 cm³/mol. The van der Waals surface area contributed by atoms with Crippen molar-refractivity contribution in [2.45, 2.75) is 44.8 Å². The SMILES string of the molecule is COc1cc(C(=O)N2C[CH]C(c3ccccc3O[Si](C)(C)C(C)(C)C)C2)cc(OC)c1OC. The van der Waals surface area contributed by atoms with E-state index in [-0.39, 0.29) is 16.9 Å². The molecule has 0 aliphatic carbocycles. The first-order valence-electron chi connectivity index (χ1n) is 11.2. The highest BCUT2D eigenvalue weighted by Crippen LogP contribution is 2.42. The lowest BCUT2D eigenvalue weighted by atomic mass is 9.97. The van der Waals surface area contributed by atoms with Gasteiger partial charge in [0, 0.05) is 24.6 Å². The second-order valence-corrected chi connectivity index (χ2v) is 14.6. The van der Waals surface area contributed by atoms with Crippen LogP contribution in [0.25, 0.3) is 0 Å². The summed E-state index contributed by atoms with van der Waals surface area (Å²) in [5, 5.41) is 0.105. The van der Waals surface area contributed by atoms with Gasteiger partial charge in [-0.15, -0.1) is 0 Å². The molecule has 0 bridgehead atoms. The van der Waals surface area contributed by atoms with E-state index in [2.05, 4.69) is 46.4 Å². The van der Waals surface area contributed by atoms with Crippen LogP contribution in [-0.4, -0.2) is 53.5 Å². The molecule has 1 saturated heterocycles. The number of benzene rings is 2. The van der Waals surface area contributed by atoms with Crippen molar-refractivity contribution < 1.29 is 23.4 Å². The third-order valence-electron chi connectivity index (χ3n) is 6.72. The Morgan fingerprint density at radius 1 is 0.970 bits per heavy atom. The van der Waals surface area contributed by atoms with Crippen LogP contribution < -0.4 is 18.6 Å². The molecule has 1 unspecified atom stereocenters. The molecule has 0 spiro atoms. The summed E-state index contributed by atoms with van der Waals surface area (Å²) < 4.78 is 22.9. The van der Waals surface area contributed by atoms with Gasteiger partial charge in [-0.3, -0.25) is 4.79 Å². The molecule has 1 aliphatic heterocycles. The number of carbonyl (C=O) groups is 1. The van der Waals surface area contributed by atoms with Crippen LogP contribution in [0.2, 0.25) is 18.1 Å². The van der Waals surface area contributed by atoms with E-state index in [9.17, 15) is 4.79 Å². The molecule has 1 fully saturated rings. The minimum absolute atomic E-state index is 0.0733. The summed E-state index contributed by atoms with van der Waals surface area (Å²) in [4.78, 5) is 15.2. The van der Waals surface area contributed by atoms with E-state index < -0.39 is 8.32 Å². The molecule has 7 heteroatoms. The van der Waals surface area contributed by atoms with Crippen LogP contribution in [0.15, 0.2) is 36.4 Å². The van der Waals surface area contributed by atoms with Crippen molar-refractivity contribution >= 4 is 14.2 Å². The van der Waals surface area contributed by atoms with Crippen LogP contribution in [0.4, 0.5) is 0 Å². The van der Waals surface area contributed by atoms with E-state index in [0.717, 1.165) is 11.3 Å². The van der Waals surface area contributed by atoms with Gasteiger partial charge in [-0.1, -0.05) is 39.0 Å². The minimum Gasteiger partial charge on any atom is -0.543 e. The number of amides is 1. The van der Waals surface area contributed by atoms with Gasteiger partial charge in [-0.2, -0.15) is 0 Å². The highest BCUT2D eigenvalue weighted by molar-refractivity contribution is 6.74. The Hall–Kier alpha value is -2.67. The van der Waals surface area contributed by atoms with E-state index in [0.29, 0.717) is 35.9 Å². The Kier molecular flexibility index (Phi) is 7.31. The lowest BCUT2D eigenvalue weighted by Crippen LogP contribution is -2.44. The molecule has 2 aromatic rings. The second kappa shape index (κ2) is 9.67. The maximum absolute atomic E-state index is 13.3. The number of para-hydroxylation sites is 1. The number of likely N-dealkylation sites (tertiary alicyclic amines) is 1. The van der Waals surface area contributed by atoms with Gasteiger partial charge in [-0.05, 0) is 48.3 Å². The van der Waals surface area contributed by atoms with Crippen LogP contribution in [0.5, 0.6) is 23.0 Å². The number of nitrogens with zero attached hydrogens (tertiary/aromatic N) is 1. The van der Waals surface area contributed by atoms with Gasteiger partial charge in [0.15, 0.2) is 11.5 Å². The van der Waals surface area contributed by atoms with Gasteiger partial charge >= 0.3 is 0 Å². The first kappa shape index (κ1) is 25.0. The molecule has 0 aromatic heterocycles. The molecule has 1 radical (unpaired) electrons. The highest BCUT2D eigenvalue weighted by atomic mass is 28.4. The largest absolute Gasteiger partial charge is 0.543 e. The lowest BCUT2D eigenvalue weighted by Gasteiger charge is -2.37. The molecule has 1 heterocycles. The molecule has 179 valence electrons. The summed E-state index contributed by atoms with van der Waals surface area (Å²) in [5.74, 6) is 2.36. The van der Waals surface area contributed by atoms with Crippen molar-refractivity contribution in [3.8, 4) is 23.0 Å². The van der Waals surface area contributed by atoms with E-state index in [1.165, 1.54) is 0 Å². The van der Waals surface area contributed by atoms with Gasteiger partial charge in [0.05, 0.1) is 21.3 Å². The maximum Gasteiger partial charge on any atom is 0.254 e. The van der Waals surface area contributed by atoms with Crippen molar-refractivity contribution in [3.05, 3.63) is 53.9 Å². The predicted octanol–water partition coefficient (Wildman–Crippen LogP) is 5.54. The second-order valence-electron chi connectivity index (χ2n) is 9.87. The van der Waals surface area contributed by atoms with E-state index in [1.54, 1.807) is 33.5 Å². The third kappa shape index (κ3) is 5.13. The fourth-order valence-corrected chi connectivity index (χ4v) is 4.77. The van der Waals surface area contributed by atoms with Gasteiger partial charge in [0.25, 0.3) is 5.91 Å². The Labute approximate surface area is 198 Å². The average molecular weight is 471 g/mol. The van der Waals surface area contributed by atoms with E-state index in [4.69, 9.17) is 18.6 Å². The van der Waals surface area contributed by atoms with Crippen LogP contribution in [-0.2, 0) is 0 Å². The molecule has 0 N–H and O–H groups in total. The van der Waals surface area contributed by atoms with E-state index in [1.807, 2.05) is 23.1 Å². The third-order valence-corrected chi connectivity index (χ3v) is 11.1. The zero-order chi connectivity index (χ0) is 24.4. The first-order valence-corrected chi connectivity index (χ1v) is 14.1. The van der Waals surface area contributed by atoms with Gasteiger partial charge in [0.2, 0.25) is 14.1 Å². The van der Waals surface area contributed by atoms with Crippen LogP contribution in [0, 0.1) is 6.42 Å². The zero-order valence-corrected chi connectivity index (χ0v) is 22.0. The Morgan fingerprint density at radius 3 is 2.12 bits per heavy atom. The Morgan fingerprint density at radius 2 is 1.58 bits per heavy atom. The standard InChI is InChI=1S/C26H36NO5Si/c1-26(2,3)33(7,8)32-21-12-10-9-11-20(21)18-13-14-27(17-18)25(28)19-15-22(29-4)24(31-6)23(16-19)30-5/h9-13,15-16,18H,14,17H2,1-8H3. The highest BCUT2D eigenvalue weighted by Gasteiger charge is 2.40. The summed E-state index contributed by atoms with van der Waals surface area (Å²) in [6.07, 6.45) is 2.18. The lowest BCUT2D eigenvalue weighted by molar-refractivity contribution is 0.0792. The van der Waals surface area contributed by atoms with Crippen molar-refractivity contribution in [3.63, 3.8) is 0 Å². The van der Waals surface area contributed by atoms with Gasteiger partial charge < -0.3 is 23.5 Å². The normalized spacial score (nSPS) is 16.5. The number of ether oxygens (including phenoxy) is 3. The van der Waals surface area contributed by atoms with Crippen LogP contribution >= 0.6 is 0 Å². The Bertz CT molecular complexity index is 973. The summed E-state index contributed by atoms with van der Waals surface area (Å²) >= 11 is 0. The maximum atomic E-state index is 13.3. The quantitative estimate of drug-likeness (QED) is 0.497. The summed E-state index contributed by atoms with van der Waals surface area (Å²) in [6, 6.07) is 11.6. The molecule has 2 aromatic carbocycles. The molecule has 1 atom stereocenters. The van der Waals surface area contributed by atoms with Crippen molar-refractivity contribution in [2.24, 2.45) is 0 Å². The molecule has 0 saturated carbocycles. The smallest absolute Gasteiger partial charge is 0.254 e. The van der Waals surface area contributed by atoms with Crippen LogP contribution in [0.3, 0.4) is 0 Å². The van der Waals surface area contributed by atoms with Crippen molar-refractivity contribution in [1.29, 1.82) is 0 Å². The number of carbonyl (C=O) groups excluding carboxylic acids is 1. The summed E-state index contributed by atoms with van der Waals surface area (Å²) in [7, 11) is 2.66. The zero-order valence-electron chi connectivity index (χ0n) is 21.0. The molecule has 1 amide bonds. The number of hydrogen-bond acceptors (Lipinski definition) is 5. The molecule has 33 heavy (non-hydrogen) atoms. The molecule has 3 rings (SSSR count). The fraction of sp³-hybridized carbons (Fsp3) is 0.462. The first-order chi connectivity index (χ1) is 15.5. The van der Waals surface area contributed by atoms with E-state index >= 15 is 0 Å². The number of hydrogen-bond donors (Lipinski definition) is 0. The summed E-state index contributed by atoms with van der Waals surface area (Å²) in [6.45, 7) is 12.4. The summed E-state index contributed by atoms with van der Waals surface area (Å²) in [5.41, 5.74) is 1.63. The molecular weight excluding hydrogens is 434 g/mol. The molecular formula is C26H36NO5Si. The molecule has 1 aliphatic rings. The van der Waals surface area contributed by atoms with Crippen LogP contribution in [0.1, 0.15) is 42.6 Å².